The number of nitrogens with zero attached hydrogens (tertiary/aromatic N) is 2. The molecule has 1 N–H and O–H groups in total. The molecule has 0 radical (unpaired) electrons. The van der Waals surface area contributed by atoms with Crippen LogP contribution in [0, 0.1) is 13.8 Å². The average Bonchev–Trinajstić information content (AvgIpc) is 2.26. The van der Waals surface area contributed by atoms with E-state index in [4.69, 9.17) is 0 Å². The van der Waals surface area contributed by atoms with Crippen molar-refractivity contribution in [2.75, 3.05) is 23.9 Å². The fourth-order valence-electron chi connectivity index (χ4n) is 1.73. The number of thioether (sulfide) groups is 1. The van der Waals surface area contributed by atoms with Gasteiger partial charge in [-0.15, -0.1) is 0 Å². The second-order valence-corrected chi connectivity index (χ2v) is 5.29. The summed E-state index contributed by atoms with van der Waals surface area (Å²) in [5.74, 6) is 2.06. The maximum atomic E-state index is 4.36. The zero-order valence-electron chi connectivity index (χ0n) is 11.1. The Morgan fingerprint density at radius 3 is 2.35 bits per heavy atom. The van der Waals surface area contributed by atoms with Crippen LogP contribution < -0.4 is 5.32 Å². The summed E-state index contributed by atoms with van der Waals surface area (Å²) in [5, 5.41) is 3.29. The monoisotopic (exact) mass is 253 g/mol. The van der Waals surface area contributed by atoms with E-state index in [0.717, 1.165) is 23.9 Å². The first-order valence-corrected chi connectivity index (χ1v) is 7.67. The zero-order chi connectivity index (χ0) is 12.5. The number of nitrogens with one attached hydrogen (secondary N) is 1. The fraction of sp³-hybridized carbons (Fsp3) is 0.692. The molecule has 1 aromatic rings. The number of aryl methyl sites for hydroxylation is 2. The number of hydrogen-bond donors (Lipinski definition) is 1. The second-order valence-electron chi connectivity index (χ2n) is 4.31. The molecule has 96 valence electrons. The molecule has 0 saturated heterocycles. The summed E-state index contributed by atoms with van der Waals surface area (Å²) in [5.41, 5.74) is 2.06. The molecule has 0 amide bonds. The van der Waals surface area contributed by atoms with Crippen LogP contribution in [0.15, 0.2) is 6.07 Å². The molecule has 0 atom stereocenters. The Hall–Kier alpha value is -0.770. The largest absolute Gasteiger partial charge is 0.354 e. The molecule has 3 nitrogen and oxygen atoms in total. The molecular weight excluding hydrogens is 230 g/mol. The van der Waals surface area contributed by atoms with E-state index in [0.29, 0.717) is 0 Å². The first kappa shape index (κ1) is 14.3. The number of rotatable bonds is 8. The van der Waals surface area contributed by atoms with Crippen LogP contribution in [0.4, 0.5) is 5.95 Å². The van der Waals surface area contributed by atoms with Gasteiger partial charge < -0.3 is 5.32 Å². The third-order valence-corrected chi connectivity index (χ3v) is 3.24. The Bertz CT molecular complexity index is 308. The van der Waals surface area contributed by atoms with Gasteiger partial charge in [0.15, 0.2) is 0 Å². The minimum absolute atomic E-state index is 0.770. The number of aromatic nitrogens is 2. The van der Waals surface area contributed by atoms with Crippen LogP contribution in [0.1, 0.15) is 37.1 Å². The molecule has 0 aromatic carbocycles. The average molecular weight is 253 g/mol. The molecule has 0 saturated carbocycles. The highest BCUT2D eigenvalue weighted by Gasteiger charge is 1.98. The molecule has 1 aromatic heterocycles. The van der Waals surface area contributed by atoms with Gasteiger partial charge in [-0.05, 0) is 44.8 Å². The summed E-state index contributed by atoms with van der Waals surface area (Å²) >= 11 is 1.93. The van der Waals surface area contributed by atoms with E-state index in [1.165, 1.54) is 31.4 Å². The van der Waals surface area contributed by atoms with Crippen molar-refractivity contribution in [2.24, 2.45) is 0 Å². The van der Waals surface area contributed by atoms with Gasteiger partial charge in [-0.1, -0.05) is 12.8 Å². The van der Waals surface area contributed by atoms with Gasteiger partial charge >= 0.3 is 0 Å². The third-order valence-electron chi connectivity index (χ3n) is 2.54. The normalized spacial score (nSPS) is 10.5. The molecular formula is C13H23N3S. The SMILES string of the molecule is CSCCCCCCNc1nc(C)cc(C)n1. The van der Waals surface area contributed by atoms with E-state index in [1.807, 2.05) is 31.7 Å². The van der Waals surface area contributed by atoms with E-state index in [1.54, 1.807) is 0 Å². The first-order valence-electron chi connectivity index (χ1n) is 6.27. The van der Waals surface area contributed by atoms with E-state index in [-0.39, 0.29) is 0 Å². The molecule has 0 spiro atoms. The Kier molecular flexibility index (Phi) is 7.01. The Morgan fingerprint density at radius 2 is 1.71 bits per heavy atom. The molecule has 4 heteroatoms. The van der Waals surface area contributed by atoms with Gasteiger partial charge in [0.25, 0.3) is 0 Å². The van der Waals surface area contributed by atoms with Gasteiger partial charge in [0.05, 0.1) is 0 Å². The van der Waals surface area contributed by atoms with Crippen molar-refractivity contribution in [2.45, 2.75) is 39.5 Å². The lowest BCUT2D eigenvalue weighted by Gasteiger charge is -2.06. The standard InChI is InChI=1S/C13H23N3S/c1-11-10-12(2)16-13(15-11)14-8-6-4-5-7-9-17-3/h10H,4-9H2,1-3H3,(H,14,15,16). The van der Waals surface area contributed by atoms with Crippen molar-refractivity contribution in [3.8, 4) is 0 Å². The minimum Gasteiger partial charge on any atom is -0.354 e. The molecule has 0 aliphatic heterocycles. The number of anilines is 1. The van der Waals surface area contributed by atoms with Gasteiger partial charge in [0.2, 0.25) is 5.95 Å². The maximum absolute atomic E-state index is 4.36. The highest BCUT2D eigenvalue weighted by Crippen LogP contribution is 2.06. The van der Waals surface area contributed by atoms with Crippen molar-refractivity contribution < 1.29 is 0 Å². The van der Waals surface area contributed by atoms with E-state index in [2.05, 4.69) is 21.5 Å². The molecule has 0 unspecified atom stereocenters. The minimum atomic E-state index is 0.770. The van der Waals surface area contributed by atoms with Gasteiger partial charge in [-0.3, -0.25) is 0 Å². The topological polar surface area (TPSA) is 37.8 Å². The molecule has 1 heterocycles. The lowest BCUT2D eigenvalue weighted by atomic mass is 10.2. The van der Waals surface area contributed by atoms with Crippen molar-refractivity contribution in [3.63, 3.8) is 0 Å². The Labute approximate surface area is 109 Å². The van der Waals surface area contributed by atoms with Crippen molar-refractivity contribution in [3.05, 3.63) is 17.5 Å². The van der Waals surface area contributed by atoms with Crippen LogP contribution in [0.25, 0.3) is 0 Å². The van der Waals surface area contributed by atoms with Crippen LogP contribution in [0.2, 0.25) is 0 Å². The fourth-order valence-corrected chi connectivity index (χ4v) is 2.22. The van der Waals surface area contributed by atoms with Crippen LogP contribution >= 0.6 is 11.8 Å². The number of unbranched alkanes of at least 4 members (excludes halogenated alkanes) is 3. The maximum Gasteiger partial charge on any atom is 0.223 e. The van der Waals surface area contributed by atoms with Crippen LogP contribution in [0.5, 0.6) is 0 Å². The van der Waals surface area contributed by atoms with Gasteiger partial charge in [-0.2, -0.15) is 11.8 Å². The molecule has 0 aliphatic rings. The van der Waals surface area contributed by atoms with Crippen LogP contribution in [0.3, 0.4) is 0 Å². The molecule has 0 bridgehead atoms. The summed E-state index contributed by atoms with van der Waals surface area (Å²) in [6.45, 7) is 4.98. The summed E-state index contributed by atoms with van der Waals surface area (Å²) in [4.78, 5) is 8.71. The van der Waals surface area contributed by atoms with Crippen LogP contribution in [-0.2, 0) is 0 Å². The lowest BCUT2D eigenvalue weighted by Crippen LogP contribution is -2.06. The molecule has 17 heavy (non-hydrogen) atoms. The summed E-state index contributed by atoms with van der Waals surface area (Å²) in [6.07, 6.45) is 7.32. The van der Waals surface area contributed by atoms with E-state index in [9.17, 15) is 0 Å². The first-order chi connectivity index (χ1) is 8.22. The van der Waals surface area contributed by atoms with Gasteiger partial charge in [-0.25, -0.2) is 9.97 Å². The highest BCUT2D eigenvalue weighted by atomic mass is 32.2. The van der Waals surface area contributed by atoms with Gasteiger partial charge in [0, 0.05) is 17.9 Å². The number of hydrogen-bond acceptors (Lipinski definition) is 4. The molecule has 0 fully saturated rings. The Balaban J connectivity index is 2.13. The predicted molar refractivity (Wildman–Crippen MR) is 76.8 cm³/mol. The van der Waals surface area contributed by atoms with Gasteiger partial charge in [0.1, 0.15) is 0 Å². The third kappa shape index (κ3) is 6.51. The predicted octanol–water partition coefficient (Wildman–Crippen LogP) is 3.43. The highest BCUT2D eigenvalue weighted by molar-refractivity contribution is 7.98. The Morgan fingerprint density at radius 1 is 1.06 bits per heavy atom. The zero-order valence-corrected chi connectivity index (χ0v) is 11.9. The van der Waals surface area contributed by atoms with Crippen molar-refractivity contribution in [1.29, 1.82) is 0 Å². The smallest absolute Gasteiger partial charge is 0.223 e. The van der Waals surface area contributed by atoms with E-state index < -0.39 is 0 Å². The van der Waals surface area contributed by atoms with E-state index >= 15 is 0 Å². The summed E-state index contributed by atoms with van der Waals surface area (Å²) in [7, 11) is 0. The quantitative estimate of drug-likeness (QED) is 0.720. The van der Waals surface area contributed by atoms with Crippen molar-refractivity contribution >= 4 is 17.7 Å². The summed E-state index contributed by atoms with van der Waals surface area (Å²) < 4.78 is 0. The molecule has 1 rings (SSSR count). The lowest BCUT2D eigenvalue weighted by molar-refractivity contribution is 0.687. The molecule has 0 aliphatic carbocycles. The van der Waals surface area contributed by atoms with Crippen molar-refractivity contribution in [1.82, 2.24) is 9.97 Å². The summed E-state index contributed by atoms with van der Waals surface area (Å²) in [6, 6.07) is 1.99. The second kappa shape index (κ2) is 8.34. The van der Waals surface area contributed by atoms with Crippen LogP contribution in [-0.4, -0.2) is 28.5 Å².